The molecule has 2 aliphatic heterocycles. The molecule has 5 nitrogen and oxygen atoms in total. The van der Waals surface area contributed by atoms with Crippen LogP contribution in [-0.4, -0.2) is 74.6 Å². The predicted octanol–water partition coefficient (Wildman–Crippen LogP) is 2.13. The molecule has 1 aromatic carbocycles. The smallest absolute Gasteiger partial charge is 0.236 e. The second-order valence-electron chi connectivity index (χ2n) is 6.36. The Labute approximate surface area is 155 Å². The van der Waals surface area contributed by atoms with Gasteiger partial charge in [-0.05, 0) is 23.8 Å². The summed E-state index contributed by atoms with van der Waals surface area (Å²) in [5.41, 5.74) is 0.903. The molecule has 0 amide bonds. The van der Waals surface area contributed by atoms with E-state index in [-0.39, 0.29) is 6.04 Å². The molecule has 1 unspecified atom stereocenters. The van der Waals surface area contributed by atoms with Crippen LogP contribution in [0.25, 0.3) is 6.08 Å². The van der Waals surface area contributed by atoms with Gasteiger partial charge in [0.1, 0.15) is 0 Å². The minimum atomic E-state index is -3.42. The summed E-state index contributed by atoms with van der Waals surface area (Å²) in [6, 6.07) is 9.60. The number of nitrogens with zero attached hydrogens (tertiary/aromatic N) is 2. The molecule has 0 bridgehead atoms. The van der Waals surface area contributed by atoms with Crippen LogP contribution in [0.2, 0.25) is 0 Å². The SMILES string of the molecule is O=S(=O)(C=Cc1ccccc1)N1CCCSCC1CN1CCOCC1. The fourth-order valence-electron chi connectivity index (χ4n) is 3.17. The molecule has 2 saturated heterocycles. The fourth-order valence-corrected chi connectivity index (χ4v) is 5.75. The highest BCUT2D eigenvalue weighted by Crippen LogP contribution is 2.22. The van der Waals surface area contributed by atoms with E-state index in [1.165, 1.54) is 5.41 Å². The van der Waals surface area contributed by atoms with Gasteiger partial charge in [-0.3, -0.25) is 4.90 Å². The first-order chi connectivity index (χ1) is 12.1. The van der Waals surface area contributed by atoms with E-state index in [0.717, 1.165) is 56.3 Å². The lowest BCUT2D eigenvalue weighted by Gasteiger charge is -2.34. The van der Waals surface area contributed by atoms with Crippen LogP contribution >= 0.6 is 11.8 Å². The Morgan fingerprint density at radius 3 is 2.68 bits per heavy atom. The third-order valence-corrected chi connectivity index (χ3v) is 7.33. The Hall–Kier alpha value is -0.860. The van der Waals surface area contributed by atoms with E-state index in [4.69, 9.17) is 4.74 Å². The Bertz CT molecular complexity index is 658. The minimum absolute atomic E-state index is 0.0241. The van der Waals surface area contributed by atoms with Gasteiger partial charge in [0.15, 0.2) is 0 Å². The number of thioether (sulfide) groups is 1. The average molecular weight is 383 g/mol. The molecule has 0 saturated carbocycles. The van der Waals surface area contributed by atoms with Crippen molar-refractivity contribution >= 4 is 27.9 Å². The topological polar surface area (TPSA) is 49.9 Å². The molecular weight excluding hydrogens is 356 g/mol. The lowest BCUT2D eigenvalue weighted by Crippen LogP contribution is -2.49. The number of benzene rings is 1. The standard InChI is InChI=1S/C18H26N2O3S2/c21-25(22,14-7-17-5-2-1-3-6-17)20-8-4-13-24-16-18(20)15-19-9-11-23-12-10-19/h1-3,5-7,14,18H,4,8-13,15-16H2. The third-order valence-electron chi connectivity index (χ3n) is 4.52. The molecule has 138 valence electrons. The Kier molecular flexibility index (Phi) is 6.95. The lowest BCUT2D eigenvalue weighted by molar-refractivity contribution is 0.0309. The lowest BCUT2D eigenvalue weighted by atomic mass is 10.2. The zero-order valence-corrected chi connectivity index (χ0v) is 16.1. The van der Waals surface area contributed by atoms with E-state index < -0.39 is 10.0 Å². The Morgan fingerprint density at radius 1 is 1.16 bits per heavy atom. The van der Waals surface area contributed by atoms with Crippen LogP contribution in [0.15, 0.2) is 35.7 Å². The summed E-state index contributed by atoms with van der Waals surface area (Å²) in [4.78, 5) is 2.32. The van der Waals surface area contributed by atoms with Gasteiger partial charge in [-0.2, -0.15) is 16.1 Å². The van der Waals surface area contributed by atoms with Gasteiger partial charge >= 0.3 is 0 Å². The van der Waals surface area contributed by atoms with Gasteiger partial charge in [-0.15, -0.1) is 0 Å². The van der Waals surface area contributed by atoms with Crippen molar-refractivity contribution in [1.82, 2.24) is 9.21 Å². The van der Waals surface area contributed by atoms with Crippen molar-refractivity contribution in [3.8, 4) is 0 Å². The highest BCUT2D eigenvalue weighted by atomic mass is 32.2. The molecule has 0 N–H and O–H groups in total. The first-order valence-corrected chi connectivity index (χ1v) is 11.4. The van der Waals surface area contributed by atoms with Crippen LogP contribution in [-0.2, 0) is 14.8 Å². The van der Waals surface area contributed by atoms with Gasteiger partial charge in [-0.1, -0.05) is 30.3 Å². The second kappa shape index (κ2) is 9.19. The number of rotatable bonds is 5. The van der Waals surface area contributed by atoms with Gasteiger partial charge in [0.05, 0.1) is 13.2 Å². The fraction of sp³-hybridized carbons (Fsp3) is 0.556. The van der Waals surface area contributed by atoms with Crippen LogP contribution in [0.4, 0.5) is 0 Å². The third kappa shape index (κ3) is 5.56. The summed E-state index contributed by atoms with van der Waals surface area (Å²) in [5, 5.41) is 1.37. The van der Waals surface area contributed by atoms with Crippen molar-refractivity contribution in [3.63, 3.8) is 0 Å². The quantitative estimate of drug-likeness (QED) is 0.781. The first kappa shape index (κ1) is 18.9. The summed E-state index contributed by atoms with van der Waals surface area (Å²) in [6.45, 7) is 4.63. The highest BCUT2D eigenvalue weighted by Gasteiger charge is 2.31. The number of sulfonamides is 1. The largest absolute Gasteiger partial charge is 0.379 e. The average Bonchev–Trinajstić information content (AvgIpc) is 2.88. The van der Waals surface area contributed by atoms with E-state index in [2.05, 4.69) is 4.90 Å². The highest BCUT2D eigenvalue weighted by molar-refractivity contribution is 7.99. The summed E-state index contributed by atoms with van der Waals surface area (Å²) in [6.07, 6.45) is 2.60. The van der Waals surface area contributed by atoms with Crippen molar-refractivity contribution in [1.29, 1.82) is 0 Å². The molecule has 0 radical (unpaired) electrons. The summed E-state index contributed by atoms with van der Waals surface area (Å²) in [5.74, 6) is 1.88. The van der Waals surface area contributed by atoms with Crippen molar-refractivity contribution in [2.75, 3.05) is 50.9 Å². The van der Waals surface area contributed by atoms with Crippen molar-refractivity contribution in [2.24, 2.45) is 0 Å². The summed E-state index contributed by atoms with van der Waals surface area (Å²) >= 11 is 1.86. The van der Waals surface area contributed by atoms with Crippen LogP contribution in [0.1, 0.15) is 12.0 Å². The Balaban J connectivity index is 1.73. The molecule has 2 heterocycles. The van der Waals surface area contributed by atoms with Crippen LogP contribution < -0.4 is 0 Å². The van der Waals surface area contributed by atoms with Gasteiger partial charge in [0.2, 0.25) is 10.0 Å². The van der Waals surface area contributed by atoms with E-state index in [1.54, 1.807) is 10.4 Å². The molecular formula is C18H26N2O3S2. The molecule has 2 aliphatic rings. The number of ether oxygens (including phenoxy) is 1. The van der Waals surface area contributed by atoms with Gasteiger partial charge in [0.25, 0.3) is 0 Å². The molecule has 7 heteroatoms. The van der Waals surface area contributed by atoms with E-state index in [1.807, 2.05) is 42.1 Å². The van der Waals surface area contributed by atoms with Crippen LogP contribution in [0, 0.1) is 0 Å². The van der Waals surface area contributed by atoms with Crippen molar-refractivity contribution in [3.05, 3.63) is 41.3 Å². The molecule has 0 aliphatic carbocycles. The van der Waals surface area contributed by atoms with Gasteiger partial charge in [-0.25, -0.2) is 8.42 Å². The van der Waals surface area contributed by atoms with Gasteiger partial charge in [0, 0.05) is 43.4 Å². The molecule has 25 heavy (non-hydrogen) atoms. The maximum atomic E-state index is 13.0. The number of morpholine rings is 1. The normalized spacial score (nSPS) is 24.4. The molecule has 0 aromatic heterocycles. The molecule has 1 atom stereocenters. The van der Waals surface area contributed by atoms with Crippen molar-refractivity contribution < 1.29 is 13.2 Å². The molecule has 1 aromatic rings. The monoisotopic (exact) mass is 382 g/mol. The molecule has 2 fully saturated rings. The minimum Gasteiger partial charge on any atom is -0.379 e. The van der Waals surface area contributed by atoms with Gasteiger partial charge < -0.3 is 4.74 Å². The molecule has 0 spiro atoms. The maximum Gasteiger partial charge on any atom is 0.236 e. The predicted molar refractivity (Wildman–Crippen MR) is 104 cm³/mol. The summed E-state index contributed by atoms with van der Waals surface area (Å²) < 4.78 is 33.0. The second-order valence-corrected chi connectivity index (χ2v) is 9.29. The van der Waals surface area contributed by atoms with E-state index in [9.17, 15) is 8.42 Å². The van der Waals surface area contributed by atoms with Crippen LogP contribution in [0.5, 0.6) is 0 Å². The van der Waals surface area contributed by atoms with Crippen molar-refractivity contribution in [2.45, 2.75) is 12.5 Å². The Morgan fingerprint density at radius 2 is 1.92 bits per heavy atom. The maximum absolute atomic E-state index is 13.0. The number of hydrogen-bond donors (Lipinski definition) is 0. The van der Waals surface area contributed by atoms with E-state index in [0.29, 0.717) is 6.54 Å². The zero-order chi connectivity index (χ0) is 17.5. The van der Waals surface area contributed by atoms with E-state index >= 15 is 0 Å². The first-order valence-electron chi connectivity index (χ1n) is 8.78. The molecule has 3 rings (SSSR count). The zero-order valence-electron chi connectivity index (χ0n) is 14.4. The number of hydrogen-bond acceptors (Lipinski definition) is 5. The summed E-state index contributed by atoms with van der Waals surface area (Å²) in [7, 11) is -3.42. The van der Waals surface area contributed by atoms with Crippen LogP contribution in [0.3, 0.4) is 0 Å².